The normalized spacial score (nSPS) is 12.0. The molecule has 0 saturated heterocycles. The van der Waals surface area contributed by atoms with E-state index in [1.807, 2.05) is 0 Å². The molecule has 0 bridgehead atoms. The molecule has 4 nitrogen and oxygen atoms in total. The maximum absolute atomic E-state index is 13.1. The van der Waals surface area contributed by atoms with Gasteiger partial charge in [0.05, 0.1) is 6.42 Å². The molecule has 3 N–H and O–H groups in total. The highest BCUT2D eigenvalue weighted by Crippen LogP contribution is 2.09. The van der Waals surface area contributed by atoms with Gasteiger partial charge in [-0.1, -0.05) is 32.6 Å². The first-order valence-electron chi connectivity index (χ1n) is 7.46. The van der Waals surface area contributed by atoms with Gasteiger partial charge in [-0.3, -0.25) is 9.59 Å². The van der Waals surface area contributed by atoms with Gasteiger partial charge in [-0.25, -0.2) is 8.78 Å². The molecule has 22 heavy (non-hydrogen) atoms. The molecule has 0 aliphatic heterocycles. The fraction of sp³-hybridized carbons (Fsp3) is 0.500. The molecule has 0 aromatic heterocycles. The second-order valence-electron chi connectivity index (χ2n) is 5.33. The average Bonchev–Trinajstić information content (AvgIpc) is 2.40. The van der Waals surface area contributed by atoms with E-state index in [2.05, 4.69) is 12.2 Å². The minimum atomic E-state index is -0.747. The first kappa shape index (κ1) is 18.1. The first-order valence-corrected chi connectivity index (χ1v) is 7.46. The smallest absolute Gasteiger partial charge is 0.239 e. The van der Waals surface area contributed by atoms with Crippen LogP contribution in [0.2, 0.25) is 0 Å². The van der Waals surface area contributed by atoms with E-state index in [1.54, 1.807) is 0 Å². The van der Waals surface area contributed by atoms with E-state index < -0.39 is 29.5 Å². The van der Waals surface area contributed by atoms with Crippen molar-refractivity contribution in [2.75, 3.05) is 0 Å². The van der Waals surface area contributed by atoms with Crippen LogP contribution in [0, 0.1) is 11.6 Å². The number of unbranched alkanes of at least 4 members (excludes halogenated alkanes) is 3. The first-order chi connectivity index (χ1) is 10.4. The van der Waals surface area contributed by atoms with Crippen molar-refractivity contribution in [3.05, 3.63) is 35.4 Å². The Morgan fingerprint density at radius 2 is 1.77 bits per heavy atom. The Bertz CT molecular complexity index is 501. The molecule has 1 rings (SSSR count). The Morgan fingerprint density at radius 1 is 1.14 bits per heavy atom. The van der Waals surface area contributed by atoms with Crippen molar-refractivity contribution in [3.8, 4) is 0 Å². The Morgan fingerprint density at radius 3 is 2.32 bits per heavy atom. The predicted octanol–water partition coefficient (Wildman–Crippen LogP) is 2.45. The van der Waals surface area contributed by atoms with Crippen LogP contribution in [0.3, 0.4) is 0 Å². The summed E-state index contributed by atoms with van der Waals surface area (Å²) < 4.78 is 26.1. The van der Waals surface area contributed by atoms with Crippen LogP contribution in [0.15, 0.2) is 18.2 Å². The largest absolute Gasteiger partial charge is 0.368 e. The fourth-order valence-corrected chi connectivity index (χ4v) is 2.20. The van der Waals surface area contributed by atoms with Gasteiger partial charge >= 0.3 is 0 Å². The van der Waals surface area contributed by atoms with Gasteiger partial charge in [0.15, 0.2) is 0 Å². The predicted molar refractivity (Wildman–Crippen MR) is 79.9 cm³/mol. The average molecular weight is 312 g/mol. The quantitative estimate of drug-likeness (QED) is 0.687. The summed E-state index contributed by atoms with van der Waals surface area (Å²) in [5, 5.41) is 2.52. The topological polar surface area (TPSA) is 72.2 Å². The summed E-state index contributed by atoms with van der Waals surface area (Å²) in [6, 6.07) is 2.16. The molecule has 1 atom stereocenters. The molecule has 1 aromatic carbocycles. The number of primary amides is 1. The Hall–Kier alpha value is -1.98. The van der Waals surface area contributed by atoms with Crippen molar-refractivity contribution in [3.63, 3.8) is 0 Å². The minimum absolute atomic E-state index is 0.201. The molecule has 0 spiro atoms. The Balaban J connectivity index is 2.54. The van der Waals surface area contributed by atoms with Crippen LogP contribution < -0.4 is 11.1 Å². The number of rotatable bonds is 9. The van der Waals surface area contributed by atoms with Gasteiger partial charge in [-0.2, -0.15) is 0 Å². The highest BCUT2D eigenvalue weighted by molar-refractivity contribution is 5.87. The molecular weight excluding hydrogens is 290 g/mol. The van der Waals surface area contributed by atoms with E-state index in [-0.39, 0.29) is 12.0 Å². The molecule has 1 aromatic rings. The monoisotopic (exact) mass is 312 g/mol. The van der Waals surface area contributed by atoms with Crippen LogP contribution in [0.25, 0.3) is 0 Å². The van der Waals surface area contributed by atoms with Crippen LogP contribution in [0.5, 0.6) is 0 Å². The van der Waals surface area contributed by atoms with E-state index in [0.29, 0.717) is 6.42 Å². The van der Waals surface area contributed by atoms with Crippen LogP contribution in [-0.2, 0) is 16.0 Å². The summed E-state index contributed by atoms with van der Waals surface area (Å²) in [6.07, 6.45) is 4.15. The Labute approximate surface area is 129 Å². The van der Waals surface area contributed by atoms with E-state index in [1.165, 1.54) is 0 Å². The molecule has 0 fully saturated rings. The molecule has 0 heterocycles. The second-order valence-corrected chi connectivity index (χ2v) is 5.33. The Kier molecular flexibility index (Phi) is 7.49. The van der Waals surface area contributed by atoms with Crippen LogP contribution in [-0.4, -0.2) is 17.9 Å². The van der Waals surface area contributed by atoms with Gasteiger partial charge < -0.3 is 11.1 Å². The standard InChI is InChI=1S/C16H22F2N2O2/c1-2-3-4-5-6-14(16(19)22)20-15(21)9-11-7-12(17)10-13(18)8-11/h7-8,10,14H,2-6,9H2,1H3,(H2,19,22)(H,20,21)/t14-/m0/s1. The maximum atomic E-state index is 13.1. The zero-order valence-electron chi connectivity index (χ0n) is 12.7. The SMILES string of the molecule is CCCCCC[C@H](NC(=O)Cc1cc(F)cc(F)c1)C(N)=O. The van der Waals surface area contributed by atoms with Crippen molar-refractivity contribution in [2.45, 2.75) is 51.5 Å². The van der Waals surface area contributed by atoms with Crippen molar-refractivity contribution < 1.29 is 18.4 Å². The lowest BCUT2D eigenvalue weighted by atomic mass is 10.1. The minimum Gasteiger partial charge on any atom is -0.368 e. The van der Waals surface area contributed by atoms with Gasteiger partial charge in [-0.15, -0.1) is 0 Å². The highest BCUT2D eigenvalue weighted by Gasteiger charge is 2.18. The van der Waals surface area contributed by atoms with E-state index >= 15 is 0 Å². The van der Waals surface area contributed by atoms with Crippen molar-refractivity contribution in [1.29, 1.82) is 0 Å². The molecule has 0 radical (unpaired) electrons. The van der Waals surface area contributed by atoms with Crippen molar-refractivity contribution in [2.24, 2.45) is 5.73 Å². The van der Waals surface area contributed by atoms with Crippen LogP contribution >= 0.6 is 0 Å². The number of benzene rings is 1. The second kappa shape index (κ2) is 9.12. The lowest BCUT2D eigenvalue weighted by Crippen LogP contribution is -2.45. The summed E-state index contributed by atoms with van der Waals surface area (Å²) in [4.78, 5) is 23.2. The molecular formula is C16H22F2N2O2. The van der Waals surface area contributed by atoms with Gasteiger partial charge in [-0.05, 0) is 24.1 Å². The zero-order chi connectivity index (χ0) is 16.5. The van der Waals surface area contributed by atoms with E-state index in [0.717, 1.165) is 43.9 Å². The van der Waals surface area contributed by atoms with E-state index in [9.17, 15) is 18.4 Å². The third-order valence-corrected chi connectivity index (χ3v) is 3.31. The molecule has 122 valence electrons. The molecule has 0 unspecified atom stereocenters. The lowest BCUT2D eigenvalue weighted by Gasteiger charge is -2.15. The lowest BCUT2D eigenvalue weighted by molar-refractivity contribution is -0.127. The molecule has 2 amide bonds. The number of nitrogens with two attached hydrogens (primary N) is 1. The number of amides is 2. The maximum Gasteiger partial charge on any atom is 0.239 e. The van der Waals surface area contributed by atoms with Crippen molar-refractivity contribution >= 4 is 11.8 Å². The fourth-order valence-electron chi connectivity index (χ4n) is 2.20. The summed E-state index contributed by atoms with van der Waals surface area (Å²) in [5.74, 6) is -2.57. The molecule has 0 aliphatic rings. The van der Waals surface area contributed by atoms with E-state index in [4.69, 9.17) is 5.73 Å². The number of carbonyl (C=O) groups excluding carboxylic acids is 2. The van der Waals surface area contributed by atoms with Crippen LogP contribution in [0.1, 0.15) is 44.6 Å². The molecule has 6 heteroatoms. The van der Waals surface area contributed by atoms with Gasteiger partial charge in [0.25, 0.3) is 0 Å². The number of hydrogen-bond donors (Lipinski definition) is 2. The molecule has 0 saturated carbocycles. The number of nitrogens with one attached hydrogen (secondary N) is 1. The van der Waals surface area contributed by atoms with Gasteiger partial charge in [0.1, 0.15) is 17.7 Å². The third kappa shape index (κ3) is 6.65. The summed E-state index contributed by atoms with van der Waals surface area (Å²) in [6.45, 7) is 2.07. The zero-order valence-corrected chi connectivity index (χ0v) is 12.7. The summed E-state index contributed by atoms with van der Waals surface area (Å²) >= 11 is 0. The van der Waals surface area contributed by atoms with Crippen LogP contribution in [0.4, 0.5) is 8.78 Å². The highest BCUT2D eigenvalue weighted by atomic mass is 19.1. The number of carbonyl (C=O) groups is 2. The third-order valence-electron chi connectivity index (χ3n) is 3.31. The van der Waals surface area contributed by atoms with Crippen molar-refractivity contribution in [1.82, 2.24) is 5.32 Å². The number of hydrogen-bond acceptors (Lipinski definition) is 2. The van der Waals surface area contributed by atoms with Gasteiger partial charge in [0.2, 0.25) is 11.8 Å². The number of halogens is 2. The summed E-state index contributed by atoms with van der Waals surface area (Å²) in [5.41, 5.74) is 5.48. The van der Waals surface area contributed by atoms with Gasteiger partial charge in [0, 0.05) is 6.07 Å². The molecule has 0 aliphatic carbocycles. The summed E-state index contributed by atoms with van der Waals surface area (Å²) in [7, 11) is 0.